The molecule has 0 saturated heterocycles. The predicted octanol–water partition coefficient (Wildman–Crippen LogP) is 3.31. The number of methoxy groups -OCH3 is 2. The minimum absolute atomic E-state index is 0. The Morgan fingerprint density at radius 2 is 0.527 bits per heavy atom. The van der Waals surface area contributed by atoms with Gasteiger partial charge in [-0.2, -0.15) is 6.61 Å². The molecule has 0 unspecified atom stereocenters. The summed E-state index contributed by atoms with van der Waals surface area (Å²) in [6.07, 6.45) is -7.22. The van der Waals surface area contributed by atoms with Crippen LogP contribution in [0.4, 0.5) is 87.8 Å². The minimum Gasteiger partial charge on any atom is -0.548 e. The van der Waals surface area contributed by atoms with E-state index >= 15 is 35.1 Å². The van der Waals surface area contributed by atoms with Crippen molar-refractivity contribution < 1.29 is 132 Å². The van der Waals surface area contributed by atoms with E-state index in [1.165, 1.54) is 0 Å². The summed E-state index contributed by atoms with van der Waals surface area (Å²) in [5.74, 6) is -71.4. The average molecular weight is 835 g/mol. The fourth-order valence-corrected chi connectivity index (χ4v) is 5.21. The zero-order valence-corrected chi connectivity index (χ0v) is 29.1. The molecule has 4 rings (SSSR count). The summed E-state index contributed by atoms with van der Waals surface area (Å²) in [7, 11) is 3.26. The number of benzene rings is 4. The SMILES string of the molecule is COC[CH-]OCCOC.Fc1c(F)c(F)c([B-](c2c(F)c(F)c(F)c(F)c2F)(c2c(F)c(F)c(F)c(F)c2F)c2c(F)c(F)c(F)c(F)c2F)c(F)c1F.[Na+]. The summed E-state index contributed by atoms with van der Waals surface area (Å²) < 4.78 is 308. The number of ether oxygens (including phenoxy) is 3. The third kappa shape index (κ3) is 7.89. The van der Waals surface area contributed by atoms with Crippen LogP contribution in [0.3, 0.4) is 0 Å². The topological polar surface area (TPSA) is 27.7 Å². The number of rotatable bonds is 10. The molecule has 0 bridgehead atoms. The second kappa shape index (κ2) is 18.6. The van der Waals surface area contributed by atoms with Crippen LogP contribution in [0.25, 0.3) is 0 Å². The van der Waals surface area contributed by atoms with Gasteiger partial charge in [0.2, 0.25) is 0 Å². The van der Waals surface area contributed by atoms with E-state index in [2.05, 4.69) is 0 Å². The average Bonchev–Trinajstić information content (AvgIpc) is 3.14. The second-order valence-corrected chi connectivity index (χ2v) is 10.3. The number of hydrogen-bond donors (Lipinski definition) is 0. The van der Waals surface area contributed by atoms with Gasteiger partial charge in [0.1, 0.15) is 52.7 Å². The van der Waals surface area contributed by atoms with E-state index in [1.807, 2.05) is 0 Å². The van der Waals surface area contributed by atoms with Crippen molar-refractivity contribution in [3.8, 4) is 0 Å². The largest absolute Gasteiger partial charge is 1.00 e. The molecule has 0 aliphatic heterocycles. The predicted molar refractivity (Wildman–Crippen MR) is 143 cm³/mol. The molecule has 0 saturated carbocycles. The van der Waals surface area contributed by atoms with Gasteiger partial charge >= 0.3 is 29.6 Å². The smallest absolute Gasteiger partial charge is 0.548 e. The Hall–Kier alpha value is -3.58. The molecule has 0 atom stereocenters. The maximum absolute atomic E-state index is 15.4. The van der Waals surface area contributed by atoms with Crippen molar-refractivity contribution in [2.45, 2.75) is 0 Å². The second-order valence-electron chi connectivity index (χ2n) is 10.3. The van der Waals surface area contributed by atoms with Crippen molar-refractivity contribution in [3.63, 3.8) is 0 Å². The van der Waals surface area contributed by atoms with Crippen LogP contribution in [0.15, 0.2) is 0 Å². The third-order valence-electron chi connectivity index (χ3n) is 7.46. The van der Waals surface area contributed by atoms with Crippen LogP contribution >= 0.6 is 0 Å². The molecule has 4 aromatic rings. The van der Waals surface area contributed by atoms with Gasteiger partial charge in [-0.15, -0.1) is 21.9 Å². The molecule has 0 radical (unpaired) electrons. The summed E-state index contributed by atoms with van der Waals surface area (Å²) in [6.45, 7) is 3.36. The van der Waals surface area contributed by atoms with Crippen molar-refractivity contribution >= 4 is 28.0 Å². The van der Waals surface area contributed by atoms with Gasteiger partial charge in [-0.25, -0.2) is 87.8 Å². The molecule has 0 aliphatic rings. The van der Waals surface area contributed by atoms with Gasteiger partial charge < -0.3 is 14.2 Å². The van der Waals surface area contributed by atoms with E-state index in [-0.39, 0.29) is 29.6 Å². The monoisotopic (exact) mass is 835 g/mol. The van der Waals surface area contributed by atoms with Gasteiger partial charge in [0.05, 0.1) is 6.61 Å². The number of halogens is 20. The van der Waals surface area contributed by atoms with Crippen LogP contribution < -0.4 is 51.4 Å². The molecule has 4 aromatic carbocycles. The van der Waals surface area contributed by atoms with Crippen LogP contribution in [0.5, 0.6) is 0 Å². The molecule has 0 heterocycles. The molecule has 3 nitrogen and oxygen atoms in total. The first-order valence-corrected chi connectivity index (χ1v) is 13.8. The molecule has 25 heteroatoms. The van der Waals surface area contributed by atoms with Crippen LogP contribution in [0.2, 0.25) is 0 Å². The van der Waals surface area contributed by atoms with Crippen LogP contribution in [-0.4, -0.2) is 40.2 Å². The van der Waals surface area contributed by atoms with E-state index in [0.29, 0.717) is 19.8 Å². The molecule has 0 N–H and O–H groups in total. The van der Waals surface area contributed by atoms with Crippen molar-refractivity contribution in [2.24, 2.45) is 0 Å². The molecule has 0 amide bonds. The van der Waals surface area contributed by atoms with E-state index in [0.717, 1.165) is 0 Å². The maximum Gasteiger partial charge on any atom is 1.00 e. The summed E-state index contributed by atoms with van der Waals surface area (Å²) >= 11 is 0. The van der Waals surface area contributed by atoms with Crippen molar-refractivity contribution in [1.82, 2.24) is 0 Å². The Morgan fingerprint density at radius 3 is 0.709 bits per heavy atom. The van der Waals surface area contributed by atoms with E-state index in [4.69, 9.17) is 14.2 Å². The Bertz CT molecular complexity index is 1710. The standard InChI is InChI=1S/C24BF20.C6H13O3.Na/c26-5-1(6(27)14(35)21(42)13(5)34)25(2-7(28)15(36)22(43)16(37)8(2)29,3-9(30)17(38)23(44)18(39)10(3)31)4-11(32)19(40)24(45)20(41)12(4)33;1-7-3-5-9-6-4-8-2;/h;5H,3-4,6H2,1-2H3;/q2*-1;+1. The first-order valence-electron chi connectivity index (χ1n) is 13.8. The van der Waals surface area contributed by atoms with Gasteiger partial charge in [0.25, 0.3) is 0 Å². The summed E-state index contributed by atoms with van der Waals surface area (Å²) in [4.78, 5) is 0. The Balaban J connectivity index is 0.000000928. The molecular weight excluding hydrogens is 822 g/mol. The Kier molecular flexibility index (Phi) is 16.1. The van der Waals surface area contributed by atoms with Crippen molar-refractivity contribution in [1.29, 1.82) is 0 Å². The summed E-state index contributed by atoms with van der Waals surface area (Å²) in [6, 6.07) is 0. The Labute approximate surface area is 316 Å². The zero-order chi connectivity index (χ0) is 41.3. The van der Waals surface area contributed by atoms with E-state index in [9.17, 15) is 52.7 Å². The molecule has 0 fully saturated rings. The molecule has 0 aromatic heterocycles. The first-order chi connectivity index (χ1) is 25.1. The van der Waals surface area contributed by atoms with Gasteiger partial charge in [-0.05, 0) is 0 Å². The fourth-order valence-electron chi connectivity index (χ4n) is 5.21. The first kappa shape index (κ1) is 47.6. The molecular formula is C30H13BF20NaO3-. The van der Waals surface area contributed by atoms with Gasteiger partial charge in [-0.3, -0.25) is 0 Å². The zero-order valence-electron chi connectivity index (χ0n) is 27.1. The van der Waals surface area contributed by atoms with Crippen molar-refractivity contribution in [2.75, 3.05) is 34.0 Å². The van der Waals surface area contributed by atoms with Gasteiger partial charge in [0.15, 0.2) is 69.8 Å². The van der Waals surface area contributed by atoms with Gasteiger partial charge in [-0.1, -0.05) is 6.61 Å². The fraction of sp³-hybridized carbons (Fsp3) is 0.167. The molecule has 0 spiro atoms. The normalized spacial score (nSPS) is 11.5. The summed E-state index contributed by atoms with van der Waals surface area (Å²) in [5, 5.41) is 0. The maximum atomic E-state index is 15.4. The van der Waals surface area contributed by atoms with E-state index in [1.54, 1.807) is 20.8 Å². The molecule has 0 aliphatic carbocycles. The summed E-state index contributed by atoms with van der Waals surface area (Å²) in [5.41, 5.74) is -14.3. The van der Waals surface area contributed by atoms with Crippen LogP contribution in [-0.2, 0) is 14.2 Å². The van der Waals surface area contributed by atoms with Crippen LogP contribution in [0, 0.1) is 123 Å². The van der Waals surface area contributed by atoms with Crippen LogP contribution in [0.1, 0.15) is 0 Å². The molecule has 296 valence electrons. The third-order valence-corrected chi connectivity index (χ3v) is 7.46. The number of hydrogen-bond acceptors (Lipinski definition) is 3. The quantitative estimate of drug-likeness (QED) is 0.0614. The van der Waals surface area contributed by atoms with Crippen molar-refractivity contribution in [3.05, 3.63) is 123 Å². The Morgan fingerprint density at radius 1 is 0.327 bits per heavy atom. The van der Waals surface area contributed by atoms with E-state index < -0.39 is 144 Å². The minimum atomic E-state index is -7.22. The molecule has 55 heavy (non-hydrogen) atoms. The van der Waals surface area contributed by atoms with Gasteiger partial charge in [0, 0.05) is 20.8 Å².